The predicted octanol–water partition coefficient (Wildman–Crippen LogP) is 0.916. The van der Waals surface area contributed by atoms with E-state index in [0.29, 0.717) is 0 Å². The summed E-state index contributed by atoms with van der Waals surface area (Å²) in [6.07, 6.45) is 0.977. The van der Waals surface area contributed by atoms with Gasteiger partial charge in [-0.3, -0.25) is 19.7 Å². The Labute approximate surface area is 109 Å². The summed E-state index contributed by atoms with van der Waals surface area (Å²) < 4.78 is 1.32. The van der Waals surface area contributed by atoms with Crippen LogP contribution in [0.5, 0.6) is 0 Å². The fraction of sp³-hybridized carbons (Fsp3) is 0.455. The summed E-state index contributed by atoms with van der Waals surface area (Å²) >= 11 is 0. The van der Waals surface area contributed by atoms with Crippen LogP contribution in [0, 0.1) is 10.1 Å². The maximum atomic E-state index is 12.0. The number of carbonyl (C=O) groups is 2. The first kappa shape index (κ1) is 14.7. The van der Waals surface area contributed by atoms with Crippen molar-refractivity contribution in [1.29, 1.82) is 0 Å². The van der Waals surface area contributed by atoms with E-state index in [2.05, 4.69) is 5.32 Å². The third-order valence-electron chi connectivity index (χ3n) is 2.48. The van der Waals surface area contributed by atoms with Gasteiger partial charge in [-0.1, -0.05) is 0 Å². The number of carboxylic acids is 1. The number of aliphatic carboxylic acids is 1. The molecule has 1 rings (SSSR count). The van der Waals surface area contributed by atoms with Crippen LogP contribution in [-0.4, -0.2) is 32.0 Å². The van der Waals surface area contributed by atoms with E-state index in [4.69, 9.17) is 5.11 Å². The zero-order valence-electron chi connectivity index (χ0n) is 10.8. The third-order valence-corrected chi connectivity index (χ3v) is 2.48. The Balaban J connectivity index is 2.89. The largest absolute Gasteiger partial charge is 0.481 e. The van der Waals surface area contributed by atoms with Gasteiger partial charge in [0.15, 0.2) is 0 Å². The molecule has 0 atom stereocenters. The van der Waals surface area contributed by atoms with Crippen molar-refractivity contribution in [3.63, 3.8) is 0 Å². The van der Waals surface area contributed by atoms with Crippen molar-refractivity contribution < 1.29 is 19.6 Å². The highest BCUT2D eigenvalue weighted by Crippen LogP contribution is 2.16. The predicted molar refractivity (Wildman–Crippen MR) is 65.9 cm³/mol. The standard InChI is InChI=1S/C11H15N3O5/c1-11(2,5-9(15)16)12-10(17)8-4-7(14(18)19)6-13(8)3/h4,6H,5H2,1-3H3,(H,12,17)(H,15,16). The van der Waals surface area contributed by atoms with Gasteiger partial charge in [0.2, 0.25) is 0 Å². The molecule has 0 fully saturated rings. The van der Waals surface area contributed by atoms with Crippen molar-refractivity contribution in [2.45, 2.75) is 25.8 Å². The van der Waals surface area contributed by atoms with Crippen molar-refractivity contribution in [2.24, 2.45) is 7.05 Å². The van der Waals surface area contributed by atoms with E-state index in [1.54, 1.807) is 13.8 Å². The number of carboxylic acid groups (broad SMARTS) is 1. The zero-order valence-corrected chi connectivity index (χ0v) is 10.8. The number of rotatable bonds is 5. The second kappa shape index (κ2) is 5.09. The summed E-state index contributed by atoms with van der Waals surface area (Å²) in [5.74, 6) is -1.59. The van der Waals surface area contributed by atoms with Crippen molar-refractivity contribution >= 4 is 17.6 Å². The first-order chi connectivity index (χ1) is 8.62. The Morgan fingerprint density at radius 2 is 2.11 bits per heavy atom. The Morgan fingerprint density at radius 1 is 1.53 bits per heavy atom. The van der Waals surface area contributed by atoms with Gasteiger partial charge in [0.1, 0.15) is 5.69 Å². The maximum absolute atomic E-state index is 12.0. The van der Waals surface area contributed by atoms with E-state index in [1.807, 2.05) is 0 Å². The van der Waals surface area contributed by atoms with Crippen LogP contribution >= 0.6 is 0 Å². The van der Waals surface area contributed by atoms with E-state index in [0.717, 1.165) is 6.07 Å². The highest BCUT2D eigenvalue weighted by atomic mass is 16.6. The lowest BCUT2D eigenvalue weighted by Gasteiger charge is -2.24. The fourth-order valence-electron chi connectivity index (χ4n) is 1.67. The van der Waals surface area contributed by atoms with Gasteiger partial charge >= 0.3 is 5.97 Å². The highest BCUT2D eigenvalue weighted by molar-refractivity contribution is 5.94. The second-order valence-corrected chi connectivity index (χ2v) is 4.86. The number of nitrogens with zero attached hydrogens (tertiary/aromatic N) is 2. The van der Waals surface area contributed by atoms with Gasteiger partial charge in [-0.25, -0.2) is 0 Å². The molecule has 19 heavy (non-hydrogen) atoms. The molecule has 0 saturated heterocycles. The summed E-state index contributed by atoms with van der Waals surface area (Å²) in [4.78, 5) is 32.6. The normalized spacial score (nSPS) is 11.1. The van der Waals surface area contributed by atoms with Crippen molar-refractivity contribution in [3.8, 4) is 0 Å². The number of carbonyl (C=O) groups excluding carboxylic acids is 1. The molecule has 0 aliphatic carbocycles. The molecule has 0 bridgehead atoms. The summed E-state index contributed by atoms with van der Waals surface area (Å²) in [6, 6.07) is 1.15. The topological polar surface area (TPSA) is 114 Å². The minimum atomic E-state index is -1.04. The molecule has 0 aliphatic heterocycles. The van der Waals surface area contributed by atoms with Crippen LogP contribution in [-0.2, 0) is 11.8 Å². The van der Waals surface area contributed by atoms with Crippen LogP contribution in [0.4, 0.5) is 5.69 Å². The lowest BCUT2D eigenvalue weighted by atomic mass is 10.0. The molecule has 104 valence electrons. The van der Waals surface area contributed by atoms with Gasteiger partial charge in [0.05, 0.1) is 17.5 Å². The van der Waals surface area contributed by atoms with Gasteiger partial charge in [-0.2, -0.15) is 0 Å². The fourth-order valence-corrected chi connectivity index (χ4v) is 1.67. The van der Waals surface area contributed by atoms with E-state index < -0.39 is 22.3 Å². The van der Waals surface area contributed by atoms with Crippen LogP contribution in [0.25, 0.3) is 0 Å². The van der Waals surface area contributed by atoms with Gasteiger partial charge in [-0.15, -0.1) is 0 Å². The Bertz CT molecular complexity index is 532. The molecule has 1 aromatic heterocycles. The summed E-state index contributed by atoms with van der Waals surface area (Å²) in [6.45, 7) is 3.13. The number of nitrogens with one attached hydrogen (secondary N) is 1. The Hall–Kier alpha value is -2.38. The minimum absolute atomic E-state index is 0.102. The molecule has 1 heterocycles. The van der Waals surface area contributed by atoms with E-state index in [9.17, 15) is 19.7 Å². The maximum Gasteiger partial charge on any atom is 0.305 e. The van der Waals surface area contributed by atoms with Crippen molar-refractivity contribution in [1.82, 2.24) is 9.88 Å². The van der Waals surface area contributed by atoms with Gasteiger partial charge < -0.3 is 15.0 Å². The molecule has 0 aliphatic rings. The third kappa shape index (κ3) is 3.80. The number of hydrogen-bond acceptors (Lipinski definition) is 4. The first-order valence-corrected chi connectivity index (χ1v) is 5.47. The molecule has 8 heteroatoms. The molecule has 8 nitrogen and oxygen atoms in total. The molecule has 0 spiro atoms. The van der Waals surface area contributed by atoms with Crippen LogP contribution < -0.4 is 5.32 Å². The zero-order chi connectivity index (χ0) is 14.8. The lowest BCUT2D eigenvalue weighted by molar-refractivity contribution is -0.384. The van der Waals surface area contributed by atoms with Gasteiger partial charge in [0, 0.05) is 18.7 Å². The quantitative estimate of drug-likeness (QED) is 0.609. The second-order valence-electron chi connectivity index (χ2n) is 4.86. The molecule has 1 aromatic rings. The molecule has 0 unspecified atom stereocenters. The van der Waals surface area contributed by atoms with E-state index >= 15 is 0 Å². The summed E-state index contributed by atoms with van der Waals surface area (Å²) in [5.41, 5.74) is -1.03. The molecule has 0 radical (unpaired) electrons. The van der Waals surface area contributed by atoms with Gasteiger partial charge in [-0.05, 0) is 13.8 Å². The van der Waals surface area contributed by atoms with Gasteiger partial charge in [0.25, 0.3) is 11.6 Å². The van der Waals surface area contributed by atoms with Crippen molar-refractivity contribution in [2.75, 3.05) is 0 Å². The number of amides is 1. The first-order valence-electron chi connectivity index (χ1n) is 5.47. The number of aryl methyl sites for hydroxylation is 1. The average Bonchev–Trinajstić information content (AvgIpc) is 2.57. The number of aromatic nitrogens is 1. The highest BCUT2D eigenvalue weighted by Gasteiger charge is 2.26. The molecular weight excluding hydrogens is 254 g/mol. The summed E-state index contributed by atoms with van der Waals surface area (Å²) in [5, 5.41) is 21.9. The average molecular weight is 269 g/mol. The van der Waals surface area contributed by atoms with Crippen LogP contribution in [0.3, 0.4) is 0 Å². The van der Waals surface area contributed by atoms with E-state index in [1.165, 1.54) is 17.8 Å². The summed E-state index contributed by atoms with van der Waals surface area (Å²) in [7, 11) is 1.51. The van der Waals surface area contributed by atoms with Crippen LogP contribution in [0.1, 0.15) is 30.8 Å². The number of nitro groups is 1. The molecule has 0 saturated carbocycles. The van der Waals surface area contributed by atoms with E-state index in [-0.39, 0.29) is 17.8 Å². The minimum Gasteiger partial charge on any atom is -0.481 e. The molecule has 2 N–H and O–H groups in total. The molecular formula is C11H15N3O5. The number of hydrogen-bond donors (Lipinski definition) is 2. The van der Waals surface area contributed by atoms with Crippen LogP contribution in [0.15, 0.2) is 12.3 Å². The monoisotopic (exact) mass is 269 g/mol. The Kier molecular flexibility index (Phi) is 3.93. The van der Waals surface area contributed by atoms with Crippen LogP contribution in [0.2, 0.25) is 0 Å². The molecule has 0 aromatic carbocycles. The smallest absolute Gasteiger partial charge is 0.305 e. The lowest BCUT2D eigenvalue weighted by Crippen LogP contribution is -2.45. The van der Waals surface area contributed by atoms with Crippen molar-refractivity contribution in [3.05, 3.63) is 28.1 Å². The Morgan fingerprint density at radius 3 is 2.53 bits per heavy atom. The SMILES string of the molecule is Cn1cc([N+](=O)[O-])cc1C(=O)NC(C)(C)CC(=O)O. The molecule has 1 amide bonds.